The molecule has 0 unspecified atom stereocenters. The fourth-order valence-corrected chi connectivity index (χ4v) is 3.37. The maximum Gasteiger partial charge on any atom is 0.387 e. The Bertz CT molecular complexity index is 845. The molecule has 1 aliphatic rings. The first-order valence-electron chi connectivity index (χ1n) is 9.13. The van der Waals surface area contributed by atoms with Gasteiger partial charge in [0, 0.05) is 44.0 Å². The van der Waals surface area contributed by atoms with Gasteiger partial charge >= 0.3 is 6.61 Å². The van der Waals surface area contributed by atoms with Gasteiger partial charge in [-0.15, -0.1) is 0 Å². The zero-order valence-corrected chi connectivity index (χ0v) is 16.3. The van der Waals surface area contributed by atoms with E-state index in [9.17, 15) is 18.0 Å². The van der Waals surface area contributed by atoms with Crippen molar-refractivity contribution in [3.8, 4) is 5.75 Å². The number of piperazine rings is 1. The number of rotatable bonds is 7. The quantitative estimate of drug-likeness (QED) is 0.729. The van der Waals surface area contributed by atoms with Gasteiger partial charge in [-0.05, 0) is 24.3 Å². The Morgan fingerprint density at radius 3 is 2.45 bits per heavy atom. The van der Waals surface area contributed by atoms with Crippen molar-refractivity contribution in [1.29, 1.82) is 0 Å². The summed E-state index contributed by atoms with van der Waals surface area (Å²) in [6.07, 6.45) is 0. The molecule has 0 atom stereocenters. The predicted octanol–water partition coefficient (Wildman–Crippen LogP) is 3.84. The highest BCUT2D eigenvalue weighted by Gasteiger charge is 2.20. The van der Waals surface area contributed by atoms with Crippen LogP contribution in [0.5, 0.6) is 5.75 Å². The monoisotopic (exact) mass is 427 g/mol. The van der Waals surface area contributed by atoms with Gasteiger partial charge in [-0.1, -0.05) is 29.8 Å². The predicted molar refractivity (Wildman–Crippen MR) is 105 cm³/mol. The van der Waals surface area contributed by atoms with Crippen molar-refractivity contribution in [2.24, 2.45) is 0 Å². The molecule has 2 aromatic rings. The van der Waals surface area contributed by atoms with E-state index in [0.717, 1.165) is 13.1 Å². The van der Waals surface area contributed by atoms with Crippen LogP contribution < -0.4 is 10.1 Å². The minimum Gasteiger partial charge on any atom is -0.433 e. The van der Waals surface area contributed by atoms with Crippen molar-refractivity contribution >= 4 is 23.2 Å². The number of nitrogens with zero attached hydrogens (tertiary/aromatic N) is 2. The fraction of sp³-hybridized carbons (Fsp3) is 0.350. The number of ether oxygens (including phenoxy) is 1. The number of amides is 1. The number of carbonyl (C=O) groups excluding carboxylic acids is 1. The number of hydrogen-bond acceptors (Lipinski definition) is 4. The molecule has 3 rings (SSSR count). The van der Waals surface area contributed by atoms with Crippen LogP contribution in [0.3, 0.4) is 0 Å². The van der Waals surface area contributed by atoms with Crippen molar-refractivity contribution in [3.63, 3.8) is 0 Å². The van der Waals surface area contributed by atoms with E-state index < -0.39 is 6.61 Å². The van der Waals surface area contributed by atoms with Gasteiger partial charge in [-0.3, -0.25) is 14.6 Å². The SMILES string of the molecule is O=C(CN1CCN(Cc2ccccc2F)CC1)Nc1ccc(OC(F)F)c(Cl)c1. The van der Waals surface area contributed by atoms with Crippen molar-refractivity contribution in [1.82, 2.24) is 9.80 Å². The van der Waals surface area contributed by atoms with Crippen LogP contribution >= 0.6 is 11.6 Å². The van der Waals surface area contributed by atoms with Gasteiger partial charge in [0.05, 0.1) is 11.6 Å². The zero-order chi connectivity index (χ0) is 20.8. The molecule has 29 heavy (non-hydrogen) atoms. The summed E-state index contributed by atoms with van der Waals surface area (Å²) in [4.78, 5) is 16.4. The van der Waals surface area contributed by atoms with Crippen LogP contribution in [-0.2, 0) is 11.3 Å². The molecule has 1 heterocycles. The van der Waals surface area contributed by atoms with E-state index in [1.165, 1.54) is 24.3 Å². The summed E-state index contributed by atoms with van der Waals surface area (Å²) in [5, 5.41) is 2.69. The number of hydrogen-bond donors (Lipinski definition) is 1. The third-order valence-electron chi connectivity index (χ3n) is 4.62. The second kappa shape index (κ2) is 9.96. The summed E-state index contributed by atoms with van der Waals surface area (Å²) < 4.78 is 42.6. The molecule has 1 saturated heterocycles. The van der Waals surface area contributed by atoms with Crippen LogP contribution in [-0.4, -0.2) is 55.0 Å². The Hall–Kier alpha value is -2.29. The van der Waals surface area contributed by atoms with Gasteiger partial charge in [0.25, 0.3) is 0 Å². The van der Waals surface area contributed by atoms with Gasteiger partial charge in [0.1, 0.15) is 11.6 Å². The molecular weight excluding hydrogens is 407 g/mol. The van der Waals surface area contributed by atoms with Gasteiger partial charge in [-0.25, -0.2) is 4.39 Å². The Morgan fingerprint density at radius 1 is 1.10 bits per heavy atom. The lowest BCUT2D eigenvalue weighted by Gasteiger charge is -2.34. The minimum absolute atomic E-state index is 0.00939. The molecule has 1 fully saturated rings. The lowest BCUT2D eigenvalue weighted by Crippen LogP contribution is -2.48. The van der Waals surface area contributed by atoms with E-state index in [-0.39, 0.29) is 29.0 Å². The van der Waals surface area contributed by atoms with Crippen LogP contribution in [0.1, 0.15) is 5.56 Å². The maximum absolute atomic E-state index is 13.8. The molecule has 0 aromatic heterocycles. The lowest BCUT2D eigenvalue weighted by molar-refractivity contribution is -0.117. The van der Waals surface area contributed by atoms with Crippen molar-refractivity contribution in [2.45, 2.75) is 13.2 Å². The van der Waals surface area contributed by atoms with Gasteiger partial charge in [0.2, 0.25) is 5.91 Å². The highest BCUT2D eigenvalue weighted by Crippen LogP contribution is 2.28. The normalized spacial score (nSPS) is 15.5. The number of alkyl halides is 2. The fourth-order valence-electron chi connectivity index (χ4n) is 3.15. The standard InChI is InChI=1S/C20H21ClF3N3O2/c21-16-11-15(5-6-18(16)29-20(23)24)25-19(28)13-27-9-7-26(8-10-27)12-14-3-1-2-4-17(14)22/h1-6,11,20H,7-10,12-13H2,(H,25,28). The third-order valence-corrected chi connectivity index (χ3v) is 4.91. The Kier molecular flexibility index (Phi) is 7.35. The summed E-state index contributed by atoms with van der Waals surface area (Å²) >= 11 is 5.89. The molecule has 0 aliphatic carbocycles. The van der Waals surface area contributed by atoms with Crippen molar-refractivity contribution in [3.05, 3.63) is 58.9 Å². The van der Waals surface area contributed by atoms with Gasteiger partial charge < -0.3 is 10.1 Å². The van der Waals surface area contributed by atoms with Gasteiger partial charge in [0.15, 0.2) is 0 Å². The van der Waals surface area contributed by atoms with Crippen LogP contribution in [0, 0.1) is 5.82 Å². The smallest absolute Gasteiger partial charge is 0.387 e. The highest BCUT2D eigenvalue weighted by atomic mass is 35.5. The minimum atomic E-state index is -2.97. The van der Waals surface area contributed by atoms with E-state index >= 15 is 0 Å². The summed E-state index contributed by atoms with van der Waals surface area (Å²) in [5.41, 5.74) is 1.06. The molecule has 0 radical (unpaired) electrons. The molecule has 2 aromatic carbocycles. The number of carbonyl (C=O) groups is 1. The van der Waals surface area contributed by atoms with Crippen LogP contribution in [0.4, 0.5) is 18.9 Å². The molecule has 1 N–H and O–H groups in total. The molecule has 1 amide bonds. The largest absolute Gasteiger partial charge is 0.433 e. The number of anilines is 1. The molecule has 0 saturated carbocycles. The first-order valence-corrected chi connectivity index (χ1v) is 9.51. The number of nitrogens with one attached hydrogen (secondary N) is 1. The summed E-state index contributed by atoms with van der Waals surface area (Å²) in [6, 6.07) is 10.8. The highest BCUT2D eigenvalue weighted by molar-refractivity contribution is 6.32. The molecule has 9 heteroatoms. The Balaban J connectivity index is 1.45. The van der Waals surface area contributed by atoms with Crippen LogP contribution in [0.25, 0.3) is 0 Å². The molecule has 0 spiro atoms. The summed E-state index contributed by atoms with van der Waals surface area (Å²) in [5.74, 6) is -0.588. The molecule has 1 aliphatic heterocycles. The average molecular weight is 428 g/mol. The van der Waals surface area contributed by atoms with Crippen LogP contribution in [0.2, 0.25) is 5.02 Å². The van der Waals surface area contributed by atoms with Gasteiger partial charge in [-0.2, -0.15) is 8.78 Å². The van der Waals surface area contributed by atoms with E-state index in [1.807, 2.05) is 11.0 Å². The first kappa shape index (κ1) is 21.4. The molecule has 0 bridgehead atoms. The van der Waals surface area contributed by atoms with Crippen LogP contribution in [0.15, 0.2) is 42.5 Å². The number of halogens is 4. The van der Waals surface area contributed by atoms with E-state index in [4.69, 9.17) is 11.6 Å². The third kappa shape index (κ3) is 6.35. The van der Waals surface area contributed by atoms with Crippen molar-refractivity contribution < 1.29 is 22.7 Å². The Labute approximate surface area is 172 Å². The molecule has 5 nitrogen and oxygen atoms in total. The summed E-state index contributed by atoms with van der Waals surface area (Å²) in [7, 11) is 0. The summed E-state index contributed by atoms with van der Waals surface area (Å²) in [6.45, 7) is 0.594. The van der Waals surface area contributed by atoms with E-state index in [2.05, 4.69) is 15.0 Å². The average Bonchev–Trinajstić information content (AvgIpc) is 2.67. The zero-order valence-electron chi connectivity index (χ0n) is 15.6. The Morgan fingerprint density at radius 2 is 1.79 bits per heavy atom. The number of benzene rings is 2. The molecule has 156 valence electrons. The lowest BCUT2D eigenvalue weighted by atomic mass is 10.2. The van der Waals surface area contributed by atoms with E-state index in [1.54, 1.807) is 12.1 Å². The maximum atomic E-state index is 13.8. The second-order valence-corrected chi connectivity index (χ2v) is 7.12. The molecular formula is C20H21ClF3N3O2. The van der Waals surface area contributed by atoms with Crippen molar-refractivity contribution in [2.75, 3.05) is 38.0 Å². The first-order chi connectivity index (χ1) is 13.9. The topological polar surface area (TPSA) is 44.8 Å². The second-order valence-electron chi connectivity index (χ2n) is 6.72. The van der Waals surface area contributed by atoms with E-state index in [0.29, 0.717) is 30.9 Å².